The highest BCUT2D eigenvalue weighted by Gasteiger charge is 2.15. The first kappa shape index (κ1) is 15.4. The predicted molar refractivity (Wildman–Crippen MR) is 73.6 cm³/mol. The lowest BCUT2D eigenvalue weighted by atomic mass is 10.1. The van der Waals surface area contributed by atoms with Gasteiger partial charge < -0.3 is 15.4 Å². The number of nitrogens with one attached hydrogen (secondary N) is 2. The third-order valence-electron chi connectivity index (χ3n) is 3.63. The Morgan fingerprint density at radius 2 is 1.94 bits per heavy atom. The largest absolute Gasteiger partial charge is 0.383 e. The van der Waals surface area contributed by atoms with Crippen molar-refractivity contribution in [1.29, 1.82) is 0 Å². The van der Waals surface area contributed by atoms with E-state index in [1.807, 2.05) is 0 Å². The number of carbonyl (C=O) groups excluding carboxylic acids is 1. The Hall–Kier alpha value is -0.610. The van der Waals surface area contributed by atoms with E-state index in [0.29, 0.717) is 19.2 Å². The number of hydrogen-bond acceptors (Lipinski definition) is 3. The molecule has 1 rings (SSSR count). The Morgan fingerprint density at radius 1 is 1.28 bits per heavy atom. The topological polar surface area (TPSA) is 50.4 Å². The van der Waals surface area contributed by atoms with E-state index < -0.39 is 0 Å². The molecule has 0 radical (unpaired) electrons. The van der Waals surface area contributed by atoms with Crippen LogP contribution in [0.4, 0.5) is 0 Å². The van der Waals surface area contributed by atoms with Crippen molar-refractivity contribution in [2.75, 3.05) is 20.3 Å². The fourth-order valence-corrected chi connectivity index (χ4v) is 2.46. The summed E-state index contributed by atoms with van der Waals surface area (Å²) in [6.45, 7) is 3.16. The number of ether oxygens (including phenoxy) is 1. The Balaban J connectivity index is 2.19. The van der Waals surface area contributed by atoms with Crippen molar-refractivity contribution in [3.63, 3.8) is 0 Å². The zero-order chi connectivity index (χ0) is 13.2. The van der Waals surface area contributed by atoms with Crippen molar-refractivity contribution in [3.05, 3.63) is 0 Å². The molecule has 4 nitrogen and oxygen atoms in total. The van der Waals surface area contributed by atoms with E-state index >= 15 is 0 Å². The average Bonchev–Trinajstić information content (AvgIpc) is 2.63. The van der Waals surface area contributed by atoms with Crippen LogP contribution in [0, 0.1) is 0 Å². The summed E-state index contributed by atoms with van der Waals surface area (Å²) in [5.41, 5.74) is 0. The van der Waals surface area contributed by atoms with Gasteiger partial charge >= 0.3 is 0 Å². The van der Waals surface area contributed by atoms with Gasteiger partial charge in [0, 0.05) is 19.2 Å². The molecule has 0 aliphatic heterocycles. The lowest BCUT2D eigenvalue weighted by molar-refractivity contribution is -0.121. The molecular weight excluding hydrogens is 228 g/mol. The van der Waals surface area contributed by atoms with Crippen LogP contribution in [0.25, 0.3) is 0 Å². The molecule has 0 aromatic carbocycles. The van der Waals surface area contributed by atoms with E-state index in [9.17, 15) is 4.79 Å². The van der Waals surface area contributed by atoms with E-state index in [-0.39, 0.29) is 11.9 Å². The van der Waals surface area contributed by atoms with Crippen LogP contribution in [0.5, 0.6) is 0 Å². The van der Waals surface area contributed by atoms with Crippen LogP contribution in [-0.4, -0.2) is 38.3 Å². The van der Waals surface area contributed by atoms with Gasteiger partial charge in [0.2, 0.25) is 5.91 Å². The monoisotopic (exact) mass is 256 g/mol. The minimum atomic E-state index is 0.122. The third-order valence-corrected chi connectivity index (χ3v) is 3.63. The van der Waals surface area contributed by atoms with Crippen molar-refractivity contribution in [3.8, 4) is 0 Å². The Kier molecular flexibility index (Phi) is 8.01. The van der Waals surface area contributed by atoms with Gasteiger partial charge in [0.25, 0.3) is 0 Å². The average molecular weight is 256 g/mol. The Bertz CT molecular complexity index is 226. The summed E-state index contributed by atoms with van der Waals surface area (Å²) in [4.78, 5) is 11.8. The molecule has 18 heavy (non-hydrogen) atoms. The molecule has 1 amide bonds. The Labute approximate surface area is 111 Å². The summed E-state index contributed by atoms with van der Waals surface area (Å²) in [6.07, 6.45) is 8.39. The second-order valence-electron chi connectivity index (χ2n) is 5.20. The van der Waals surface area contributed by atoms with Crippen LogP contribution >= 0.6 is 0 Å². The maximum atomic E-state index is 11.8. The van der Waals surface area contributed by atoms with Gasteiger partial charge in [-0.05, 0) is 19.3 Å². The van der Waals surface area contributed by atoms with Crippen LogP contribution < -0.4 is 10.6 Å². The molecule has 0 aromatic heterocycles. The maximum Gasteiger partial charge on any atom is 0.234 e. The van der Waals surface area contributed by atoms with Gasteiger partial charge in [-0.1, -0.05) is 32.6 Å². The van der Waals surface area contributed by atoms with Crippen LogP contribution in [0.15, 0.2) is 0 Å². The number of rotatable bonds is 7. The van der Waals surface area contributed by atoms with E-state index in [4.69, 9.17) is 4.74 Å². The maximum absolute atomic E-state index is 11.8. The molecule has 2 N–H and O–H groups in total. The van der Waals surface area contributed by atoms with Gasteiger partial charge in [0.1, 0.15) is 0 Å². The SMILES string of the molecule is CCC(COC)NCC(=O)NC1CCCCCC1. The minimum Gasteiger partial charge on any atom is -0.383 e. The molecule has 106 valence electrons. The van der Waals surface area contributed by atoms with Gasteiger partial charge in [-0.3, -0.25) is 4.79 Å². The van der Waals surface area contributed by atoms with Crippen molar-refractivity contribution in [1.82, 2.24) is 10.6 Å². The summed E-state index contributed by atoms with van der Waals surface area (Å²) in [5.74, 6) is 0.122. The lowest BCUT2D eigenvalue weighted by Crippen LogP contribution is -2.44. The van der Waals surface area contributed by atoms with E-state index in [1.54, 1.807) is 7.11 Å². The van der Waals surface area contributed by atoms with Crippen molar-refractivity contribution >= 4 is 5.91 Å². The first-order valence-electron chi connectivity index (χ1n) is 7.28. The van der Waals surface area contributed by atoms with Crippen LogP contribution in [0.1, 0.15) is 51.9 Å². The van der Waals surface area contributed by atoms with Crippen LogP contribution in [0.3, 0.4) is 0 Å². The van der Waals surface area contributed by atoms with Gasteiger partial charge in [-0.25, -0.2) is 0 Å². The van der Waals surface area contributed by atoms with E-state index in [1.165, 1.54) is 25.7 Å². The molecule has 1 aliphatic rings. The quantitative estimate of drug-likeness (QED) is 0.683. The molecule has 0 spiro atoms. The summed E-state index contributed by atoms with van der Waals surface area (Å²) in [7, 11) is 1.69. The van der Waals surface area contributed by atoms with Crippen LogP contribution in [-0.2, 0) is 9.53 Å². The first-order chi connectivity index (χ1) is 8.76. The molecule has 0 aromatic rings. The normalized spacial score (nSPS) is 19.2. The highest BCUT2D eigenvalue weighted by Crippen LogP contribution is 2.16. The molecule has 1 aliphatic carbocycles. The van der Waals surface area contributed by atoms with E-state index in [2.05, 4.69) is 17.6 Å². The van der Waals surface area contributed by atoms with Gasteiger partial charge in [-0.15, -0.1) is 0 Å². The van der Waals surface area contributed by atoms with Crippen LogP contribution in [0.2, 0.25) is 0 Å². The second-order valence-corrected chi connectivity index (χ2v) is 5.20. The number of carbonyl (C=O) groups is 1. The van der Waals surface area contributed by atoms with Gasteiger partial charge in [0.05, 0.1) is 13.2 Å². The molecule has 1 saturated carbocycles. The number of hydrogen-bond donors (Lipinski definition) is 2. The third kappa shape index (κ3) is 6.36. The highest BCUT2D eigenvalue weighted by atomic mass is 16.5. The zero-order valence-corrected chi connectivity index (χ0v) is 11.8. The summed E-state index contributed by atoms with van der Waals surface area (Å²) in [5, 5.41) is 6.38. The lowest BCUT2D eigenvalue weighted by Gasteiger charge is -2.19. The van der Waals surface area contributed by atoms with Gasteiger partial charge in [-0.2, -0.15) is 0 Å². The molecule has 0 heterocycles. The molecule has 0 saturated heterocycles. The Morgan fingerprint density at radius 3 is 2.50 bits per heavy atom. The van der Waals surface area contributed by atoms with E-state index in [0.717, 1.165) is 19.3 Å². The standard InChI is InChI=1S/C14H28N2O2/c1-3-12(11-18-2)15-10-14(17)16-13-8-6-4-5-7-9-13/h12-13,15H,3-11H2,1-2H3,(H,16,17). The minimum absolute atomic E-state index is 0.122. The first-order valence-corrected chi connectivity index (χ1v) is 7.28. The summed E-state index contributed by atoms with van der Waals surface area (Å²) < 4.78 is 5.10. The molecule has 1 unspecified atom stereocenters. The predicted octanol–water partition coefficient (Wildman–Crippen LogP) is 1.84. The van der Waals surface area contributed by atoms with Crippen molar-refractivity contribution in [2.45, 2.75) is 64.0 Å². The molecular formula is C14H28N2O2. The fourth-order valence-electron chi connectivity index (χ4n) is 2.46. The molecule has 4 heteroatoms. The summed E-state index contributed by atoms with van der Waals surface area (Å²) in [6, 6.07) is 0.666. The van der Waals surface area contributed by atoms with Gasteiger partial charge in [0.15, 0.2) is 0 Å². The fraction of sp³-hybridized carbons (Fsp3) is 0.929. The van der Waals surface area contributed by atoms with Crippen molar-refractivity contribution < 1.29 is 9.53 Å². The highest BCUT2D eigenvalue weighted by molar-refractivity contribution is 5.78. The number of amides is 1. The summed E-state index contributed by atoms with van der Waals surface area (Å²) >= 11 is 0. The molecule has 0 bridgehead atoms. The smallest absolute Gasteiger partial charge is 0.234 e. The second kappa shape index (κ2) is 9.34. The zero-order valence-electron chi connectivity index (χ0n) is 11.8. The molecule has 1 fully saturated rings. The number of methoxy groups -OCH3 is 1. The van der Waals surface area contributed by atoms with Crippen molar-refractivity contribution in [2.24, 2.45) is 0 Å². The molecule has 1 atom stereocenters.